The van der Waals surface area contributed by atoms with Gasteiger partial charge in [0.15, 0.2) is 0 Å². The quantitative estimate of drug-likeness (QED) is 0.0449. The van der Waals surface area contributed by atoms with Gasteiger partial charge in [0.1, 0.15) is 0 Å². The molecule has 0 aliphatic rings. The predicted molar refractivity (Wildman–Crippen MR) is 172 cm³/mol. The van der Waals surface area contributed by atoms with Crippen molar-refractivity contribution in [2.75, 3.05) is 13.2 Å². The first-order chi connectivity index (χ1) is 19.0. The molecule has 1 rings (SSSR count). The normalized spacial score (nSPS) is 13.7. The Balaban J connectivity index is 3.83. The van der Waals surface area contributed by atoms with Crippen molar-refractivity contribution in [1.82, 2.24) is 0 Å². The molecule has 40 heavy (non-hydrogen) atoms. The molecule has 0 atom stereocenters. The first kappa shape index (κ1) is 37.1. The van der Waals surface area contributed by atoms with E-state index in [-0.39, 0.29) is 18.7 Å². The number of benzene rings is 1. The first-order valence-electron chi connectivity index (χ1n) is 15.4. The molecule has 0 saturated heterocycles. The summed E-state index contributed by atoms with van der Waals surface area (Å²) in [5.41, 5.74) is -0.297. The fraction of sp³-hybridized carbons (Fsp3) is 0.688. The summed E-state index contributed by atoms with van der Waals surface area (Å²) >= 11 is -2.85. The van der Waals surface area contributed by atoms with Gasteiger partial charge >= 0.3 is 250 Å². The van der Waals surface area contributed by atoms with Crippen molar-refractivity contribution >= 4 is 37.4 Å². The fourth-order valence-electron chi connectivity index (χ4n) is 5.47. The van der Waals surface area contributed by atoms with E-state index < -0.39 is 37.4 Å². The summed E-state index contributed by atoms with van der Waals surface area (Å²) in [6.45, 7) is 19.4. The van der Waals surface area contributed by atoms with Gasteiger partial charge in [0.25, 0.3) is 0 Å². The Morgan fingerprint density at radius 3 is 1.77 bits per heavy atom. The van der Waals surface area contributed by atoms with Crippen molar-refractivity contribution in [2.45, 2.75) is 114 Å². The van der Waals surface area contributed by atoms with Crippen LogP contribution in [0.2, 0.25) is 13.3 Å². The topological polar surface area (TPSA) is 74.2 Å². The maximum absolute atomic E-state index is 14.2. The summed E-state index contributed by atoms with van der Waals surface area (Å²) < 4.78 is 31.4. The van der Waals surface area contributed by atoms with Crippen LogP contribution in [-0.4, -0.2) is 43.0 Å². The molecule has 0 saturated carbocycles. The molecule has 0 radical (unpaired) electrons. The zero-order valence-corrected chi connectivity index (χ0v) is 30.5. The summed E-state index contributed by atoms with van der Waals surface area (Å²) in [6, 6.07) is 8.70. The van der Waals surface area contributed by atoms with Gasteiger partial charge in [0.05, 0.1) is 0 Å². The van der Waals surface area contributed by atoms with E-state index >= 15 is 0 Å². The standard InChI is InChI=1S/C20H29NO5P.3C4H9.Sn/c1-7-24-27(23,25-8-2)19(20(5,6)15-14-16(3)4)21-26-18(22)17-12-10-9-11-13-17;3*1-3-4-2;/h9-13,15-16H,7-8H2,1-6H3;3*1,3-4H2,2H3;/b15-14?,21-19-;;;;. The Labute approximate surface area is 249 Å². The maximum atomic E-state index is 14.2. The summed E-state index contributed by atoms with van der Waals surface area (Å²) in [4.78, 5) is 18.3. The van der Waals surface area contributed by atoms with E-state index in [4.69, 9.17) is 13.9 Å². The molecule has 8 heteroatoms. The van der Waals surface area contributed by atoms with Gasteiger partial charge in [-0.2, -0.15) is 0 Å². The Morgan fingerprint density at radius 2 is 1.38 bits per heavy atom. The molecule has 0 spiro atoms. The van der Waals surface area contributed by atoms with Gasteiger partial charge in [-0.05, 0) is 0 Å². The Bertz CT molecular complexity index is 959. The predicted octanol–water partition coefficient (Wildman–Crippen LogP) is 10.4. The Hall–Kier alpha value is -0.951. The van der Waals surface area contributed by atoms with Crippen LogP contribution in [0.3, 0.4) is 0 Å². The Kier molecular flexibility index (Phi) is 17.2. The van der Waals surface area contributed by atoms with Gasteiger partial charge in [0, 0.05) is 0 Å². The SMILES string of the molecule is CCC[CH2][Sn]([CH2]CCC)([CH2]CCC)/[C](=C/C(C)(C)/C(=N/OC(=O)c1ccccc1)P(=O)(OCC)OCC)C(C)C. The van der Waals surface area contributed by atoms with Crippen LogP contribution in [0.4, 0.5) is 0 Å². The molecular formula is C32H56NO5PSn. The molecule has 1 aromatic rings. The van der Waals surface area contributed by atoms with Crippen LogP contribution in [-0.2, 0) is 18.5 Å². The molecule has 1 aromatic carbocycles. The van der Waals surface area contributed by atoms with Crippen LogP contribution in [0.1, 0.15) is 111 Å². The van der Waals surface area contributed by atoms with E-state index in [2.05, 4.69) is 45.9 Å². The number of oxime groups is 1. The number of nitrogens with zero attached hydrogens (tertiary/aromatic N) is 1. The van der Waals surface area contributed by atoms with Gasteiger partial charge in [0.2, 0.25) is 0 Å². The molecule has 0 unspecified atom stereocenters. The van der Waals surface area contributed by atoms with Crippen molar-refractivity contribution in [3.63, 3.8) is 0 Å². The molecule has 0 bridgehead atoms. The molecule has 6 nitrogen and oxygen atoms in total. The third-order valence-corrected chi connectivity index (χ3v) is 26.6. The molecule has 0 aliphatic heterocycles. The number of carbonyl (C=O) groups excluding carboxylic acids is 1. The number of carbonyl (C=O) groups is 1. The molecule has 228 valence electrons. The van der Waals surface area contributed by atoms with Crippen molar-refractivity contribution in [3.8, 4) is 0 Å². The monoisotopic (exact) mass is 685 g/mol. The summed E-state index contributed by atoms with van der Waals surface area (Å²) in [6.07, 6.45) is 9.65. The number of hydrogen-bond donors (Lipinski definition) is 0. The minimum absolute atomic E-state index is 0.146. The number of unbranched alkanes of at least 4 members (excludes halogenated alkanes) is 3. The summed E-state index contributed by atoms with van der Waals surface area (Å²) in [7, 11) is -3.85. The van der Waals surface area contributed by atoms with Gasteiger partial charge in [-0.3, -0.25) is 0 Å². The zero-order chi connectivity index (χ0) is 30.2. The van der Waals surface area contributed by atoms with Gasteiger partial charge in [-0.25, -0.2) is 0 Å². The molecular weight excluding hydrogens is 628 g/mol. The van der Waals surface area contributed by atoms with Crippen LogP contribution < -0.4 is 0 Å². The van der Waals surface area contributed by atoms with Gasteiger partial charge in [-0.1, -0.05) is 0 Å². The van der Waals surface area contributed by atoms with E-state index in [1.165, 1.54) is 51.8 Å². The average molecular weight is 684 g/mol. The van der Waals surface area contributed by atoms with Crippen LogP contribution in [0.15, 0.2) is 45.2 Å². The molecule has 0 aliphatic carbocycles. The number of rotatable bonds is 20. The Morgan fingerprint density at radius 1 is 0.900 bits per heavy atom. The van der Waals surface area contributed by atoms with Gasteiger partial charge < -0.3 is 0 Å². The van der Waals surface area contributed by atoms with Crippen LogP contribution in [0.25, 0.3) is 0 Å². The third-order valence-electron chi connectivity index (χ3n) is 7.44. The van der Waals surface area contributed by atoms with Gasteiger partial charge in [-0.15, -0.1) is 0 Å². The van der Waals surface area contributed by atoms with E-state index in [0.717, 1.165) is 0 Å². The summed E-state index contributed by atoms with van der Waals surface area (Å²) in [5.74, 6) is -0.240. The number of allylic oxidation sites excluding steroid dienone is 2. The third kappa shape index (κ3) is 11.0. The second kappa shape index (κ2) is 18.6. The average Bonchev–Trinajstić information content (AvgIpc) is 2.92. The van der Waals surface area contributed by atoms with Crippen LogP contribution in [0, 0.1) is 11.3 Å². The minimum atomic E-state index is -3.85. The van der Waals surface area contributed by atoms with Crippen molar-refractivity contribution in [3.05, 3.63) is 45.6 Å². The van der Waals surface area contributed by atoms with E-state index in [1.54, 1.807) is 41.7 Å². The van der Waals surface area contributed by atoms with Crippen LogP contribution in [0.5, 0.6) is 0 Å². The molecule has 0 amide bonds. The molecule has 0 fully saturated rings. The van der Waals surface area contributed by atoms with E-state index in [9.17, 15) is 9.36 Å². The van der Waals surface area contributed by atoms with Crippen molar-refractivity contribution in [1.29, 1.82) is 0 Å². The zero-order valence-electron chi connectivity index (χ0n) is 26.8. The second-order valence-corrected chi connectivity index (χ2v) is 26.7. The molecule has 0 aromatic heterocycles. The van der Waals surface area contributed by atoms with E-state index in [0.29, 0.717) is 11.5 Å². The molecule has 0 heterocycles. The van der Waals surface area contributed by atoms with Crippen molar-refractivity contribution in [2.24, 2.45) is 16.5 Å². The second-order valence-electron chi connectivity index (χ2n) is 11.6. The van der Waals surface area contributed by atoms with Crippen molar-refractivity contribution < 1.29 is 23.2 Å². The van der Waals surface area contributed by atoms with Crippen LogP contribution >= 0.6 is 7.60 Å². The summed E-state index contributed by atoms with van der Waals surface area (Å²) in [5, 5.41) is 4.29. The van der Waals surface area contributed by atoms with E-state index in [1.807, 2.05) is 19.9 Å². The molecule has 0 N–H and O–H groups in total. The first-order valence-corrected chi connectivity index (χ1v) is 24.5. The fourth-order valence-corrected chi connectivity index (χ4v) is 26.2. The number of hydrogen-bond acceptors (Lipinski definition) is 6.